The van der Waals surface area contributed by atoms with Gasteiger partial charge < -0.3 is 5.11 Å². The Bertz CT molecular complexity index is 523. The molecule has 0 saturated carbocycles. The predicted octanol–water partition coefficient (Wildman–Crippen LogP) is 3.71. The minimum atomic E-state index is -0.825. The van der Waals surface area contributed by atoms with E-state index in [1.807, 2.05) is 19.9 Å². The Kier molecular flexibility index (Phi) is 5.21. The van der Waals surface area contributed by atoms with Crippen LogP contribution >= 0.6 is 0 Å². The number of hydrogen-bond acceptors (Lipinski definition) is 3. The monoisotopic (exact) mass is 259 g/mol. The highest BCUT2D eigenvalue weighted by atomic mass is 16.6. The normalized spacial score (nSPS) is 12.7. The first kappa shape index (κ1) is 14.9. The van der Waals surface area contributed by atoms with Crippen molar-refractivity contribution in [2.24, 2.45) is 0 Å². The lowest BCUT2D eigenvalue weighted by atomic mass is 9.99. The van der Waals surface area contributed by atoms with Crippen molar-refractivity contribution in [2.45, 2.75) is 20.0 Å². The first-order chi connectivity index (χ1) is 8.95. The molecule has 0 aliphatic rings. The van der Waals surface area contributed by atoms with Crippen LogP contribution in [-0.4, -0.2) is 10.0 Å². The summed E-state index contributed by atoms with van der Waals surface area (Å²) in [6.45, 7) is 7.48. The van der Waals surface area contributed by atoms with Gasteiger partial charge in [-0.05, 0) is 37.1 Å². The number of nitro benzene ring substituents is 1. The van der Waals surface area contributed by atoms with Gasteiger partial charge in [-0.25, -0.2) is 0 Å². The second-order valence-corrected chi connectivity index (χ2v) is 4.38. The summed E-state index contributed by atoms with van der Waals surface area (Å²) in [6.07, 6.45) is 4.35. The van der Waals surface area contributed by atoms with Gasteiger partial charge in [0.25, 0.3) is 5.69 Å². The zero-order valence-electron chi connectivity index (χ0n) is 11.0. The standard InChI is InChI=1S/C15H17NO3/c1-4-5-13(10-11(2)3)15(17)12-6-8-14(9-7-12)16(18)19/h4-10,15,17H,1H2,2-3H3/b13-5+. The van der Waals surface area contributed by atoms with E-state index in [9.17, 15) is 15.2 Å². The molecule has 0 spiro atoms. The first-order valence-electron chi connectivity index (χ1n) is 5.85. The van der Waals surface area contributed by atoms with Crippen LogP contribution < -0.4 is 0 Å². The van der Waals surface area contributed by atoms with Gasteiger partial charge in [0.15, 0.2) is 0 Å². The Morgan fingerprint density at radius 2 is 1.95 bits per heavy atom. The van der Waals surface area contributed by atoms with Gasteiger partial charge in [-0.15, -0.1) is 0 Å². The van der Waals surface area contributed by atoms with E-state index < -0.39 is 11.0 Å². The molecule has 1 aromatic rings. The van der Waals surface area contributed by atoms with Gasteiger partial charge in [0, 0.05) is 12.1 Å². The minimum absolute atomic E-state index is 0.00687. The number of nitro groups is 1. The molecule has 4 heteroatoms. The van der Waals surface area contributed by atoms with Crippen molar-refractivity contribution >= 4 is 5.69 Å². The van der Waals surface area contributed by atoms with Crippen LogP contribution in [0.3, 0.4) is 0 Å². The summed E-state index contributed by atoms with van der Waals surface area (Å²) in [5.41, 5.74) is 2.36. The smallest absolute Gasteiger partial charge is 0.269 e. The maximum Gasteiger partial charge on any atom is 0.269 e. The molecular formula is C15H17NO3. The van der Waals surface area contributed by atoms with E-state index in [1.54, 1.807) is 24.3 Å². The van der Waals surface area contributed by atoms with Gasteiger partial charge in [0.2, 0.25) is 0 Å². The van der Waals surface area contributed by atoms with Gasteiger partial charge in [0.05, 0.1) is 4.92 Å². The Labute approximate surface area is 112 Å². The average molecular weight is 259 g/mol. The Morgan fingerprint density at radius 3 is 2.37 bits per heavy atom. The van der Waals surface area contributed by atoms with Crippen molar-refractivity contribution in [3.05, 3.63) is 75.9 Å². The lowest BCUT2D eigenvalue weighted by Gasteiger charge is -2.12. The number of hydrogen-bond donors (Lipinski definition) is 1. The molecule has 0 amide bonds. The number of allylic oxidation sites excluding steroid dienone is 3. The molecule has 19 heavy (non-hydrogen) atoms. The van der Waals surface area contributed by atoms with Crippen LogP contribution in [-0.2, 0) is 0 Å². The van der Waals surface area contributed by atoms with E-state index in [0.717, 1.165) is 5.57 Å². The summed E-state index contributed by atoms with van der Waals surface area (Å²) in [6, 6.07) is 5.87. The van der Waals surface area contributed by atoms with E-state index in [2.05, 4.69) is 6.58 Å². The van der Waals surface area contributed by atoms with Crippen LogP contribution in [0.4, 0.5) is 5.69 Å². The van der Waals surface area contributed by atoms with Crippen molar-refractivity contribution in [1.29, 1.82) is 0 Å². The molecule has 4 nitrogen and oxygen atoms in total. The summed E-state index contributed by atoms with van der Waals surface area (Å²) in [4.78, 5) is 10.1. The summed E-state index contributed by atoms with van der Waals surface area (Å²) < 4.78 is 0. The quantitative estimate of drug-likeness (QED) is 0.498. The molecule has 0 aromatic heterocycles. The van der Waals surface area contributed by atoms with E-state index in [1.165, 1.54) is 12.1 Å². The molecule has 0 heterocycles. The third kappa shape index (κ3) is 4.19. The number of nitrogens with zero attached hydrogens (tertiary/aromatic N) is 1. The number of benzene rings is 1. The van der Waals surface area contributed by atoms with Crippen LogP contribution in [0.2, 0.25) is 0 Å². The molecule has 1 aromatic carbocycles. The fourth-order valence-corrected chi connectivity index (χ4v) is 1.66. The molecule has 1 unspecified atom stereocenters. The maximum atomic E-state index is 10.6. The minimum Gasteiger partial charge on any atom is -0.384 e. The molecule has 0 fully saturated rings. The highest BCUT2D eigenvalue weighted by Crippen LogP contribution is 2.25. The Balaban J connectivity index is 3.06. The van der Waals surface area contributed by atoms with Gasteiger partial charge >= 0.3 is 0 Å². The van der Waals surface area contributed by atoms with Crippen LogP contribution in [0.1, 0.15) is 25.5 Å². The molecule has 0 saturated heterocycles. The molecular weight excluding hydrogens is 242 g/mol. The zero-order chi connectivity index (χ0) is 14.4. The topological polar surface area (TPSA) is 63.4 Å². The largest absolute Gasteiger partial charge is 0.384 e. The zero-order valence-corrected chi connectivity index (χ0v) is 11.0. The van der Waals surface area contributed by atoms with Gasteiger partial charge in [-0.3, -0.25) is 10.1 Å². The Hall–Kier alpha value is -2.20. The molecule has 1 atom stereocenters. The predicted molar refractivity (Wildman–Crippen MR) is 75.8 cm³/mol. The summed E-state index contributed by atoms with van der Waals surface area (Å²) in [7, 11) is 0. The van der Waals surface area contributed by atoms with E-state index in [0.29, 0.717) is 11.1 Å². The number of rotatable bonds is 5. The van der Waals surface area contributed by atoms with Gasteiger partial charge in [-0.2, -0.15) is 0 Å². The summed E-state index contributed by atoms with van der Waals surface area (Å²) in [5, 5.41) is 20.8. The van der Waals surface area contributed by atoms with Crippen molar-refractivity contribution in [3.8, 4) is 0 Å². The first-order valence-corrected chi connectivity index (χ1v) is 5.85. The van der Waals surface area contributed by atoms with Gasteiger partial charge in [-0.1, -0.05) is 30.4 Å². The average Bonchev–Trinajstić information content (AvgIpc) is 2.37. The van der Waals surface area contributed by atoms with Crippen LogP contribution in [0.25, 0.3) is 0 Å². The lowest BCUT2D eigenvalue weighted by molar-refractivity contribution is -0.384. The number of aliphatic hydroxyl groups excluding tert-OH is 1. The lowest BCUT2D eigenvalue weighted by Crippen LogP contribution is -2.00. The molecule has 0 aliphatic carbocycles. The van der Waals surface area contributed by atoms with Crippen molar-refractivity contribution in [2.75, 3.05) is 0 Å². The van der Waals surface area contributed by atoms with E-state index >= 15 is 0 Å². The number of aliphatic hydroxyl groups is 1. The fourth-order valence-electron chi connectivity index (χ4n) is 1.66. The van der Waals surface area contributed by atoms with E-state index in [4.69, 9.17) is 0 Å². The van der Waals surface area contributed by atoms with Crippen LogP contribution in [0.5, 0.6) is 0 Å². The highest BCUT2D eigenvalue weighted by Gasteiger charge is 2.13. The van der Waals surface area contributed by atoms with Crippen molar-refractivity contribution < 1.29 is 10.0 Å². The molecule has 100 valence electrons. The summed E-state index contributed by atoms with van der Waals surface area (Å²) in [5.74, 6) is 0. The molecule has 0 bridgehead atoms. The maximum absolute atomic E-state index is 10.6. The van der Waals surface area contributed by atoms with Gasteiger partial charge in [0.1, 0.15) is 6.10 Å². The third-order valence-corrected chi connectivity index (χ3v) is 2.50. The summed E-state index contributed by atoms with van der Waals surface area (Å²) >= 11 is 0. The molecule has 0 radical (unpaired) electrons. The fraction of sp³-hybridized carbons (Fsp3) is 0.200. The molecule has 1 N–H and O–H groups in total. The van der Waals surface area contributed by atoms with E-state index in [-0.39, 0.29) is 5.69 Å². The SMILES string of the molecule is C=C/C=C(\C=C(C)C)C(O)c1ccc([N+](=O)[O-])cc1. The second-order valence-electron chi connectivity index (χ2n) is 4.38. The second kappa shape index (κ2) is 6.66. The van der Waals surface area contributed by atoms with Crippen molar-refractivity contribution in [1.82, 2.24) is 0 Å². The third-order valence-electron chi connectivity index (χ3n) is 2.50. The van der Waals surface area contributed by atoms with Crippen LogP contribution in [0.15, 0.2) is 60.2 Å². The van der Waals surface area contributed by atoms with Crippen molar-refractivity contribution in [3.63, 3.8) is 0 Å². The molecule has 1 rings (SSSR count). The Morgan fingerprint density at radius 1 is 1.37 bits per heavy atom. The number of non-ortho nitro benzene ring substituents is 1. The molecule has 0 aliphatic heterocycles. The van der Waals surface area contributed by atoms with Crippen LogP contribution in [0, 0.1) is 10.1 Å². The highest BCUT2D eigenvalue weighted by molar-refractivity contribution is 5.39.